The van der Waals surface area contributed by atoms with Crippen molar-refractivity contribution in [3.8, 4) is 0 Å². The standard InChI is InChI=1S/C19H26N6O2/c1-2-3-14(7-11-26)22-17-15-6-10-25(12-16(15)23-19(20)24-17)18(27)13-4-8-21-9-5-13/h4-5,8-9,14,26H,2-3,6-7,10-12H2,1H3,(H3,20,22,23,24). The molecule has 0 saturated carbocycles. The molecule has 1 atom stereocenters. The van der Waals surface area contributed by atoms with Crippen molar-refractivity contribution in [1.29, 1.82) is 0 Å². The van der Waals surface area contributed by atoms with E-state index >= 15 is 0 Å². The van der Waals surface area contributed by atoms with Crippen LogP contribution in [0.15, 0.2) is 24.5 Å². The Morgan fingerprint density at radius 3 is 2.81 bits per heavy atom. The van der Waals surface area contributed by atoms with Gasteiger partial charge in [0.15, 0.2) is 0 Å². The Morgan fingerprint density at radius 1 is 1.33 bits per heavy atom. The van der Waals surface area contributed by atoms with Gasteiger partial charge in [0.05, 0.1) is 12.2 Å². The van der Waals surface area contributed by atoms with Gasteiger partial charge >= 0.3 is 0 Å². The molecule has 27 heavy (non-hydrogen) atoms. The maximum atomic E-state index is 12.7. The second kappa shape index (κ2) is 8.77. The third kappa shape index (κ3) is 4.51. The van der Waals surface area contributed by atoms with Crippen molar-refractivity contribution in [1.82, 2.24) is 19.9 Å². The second-order valence-electron chi connectivity index (χ2n) is 6.71. The lowest BCUT2D eigenvalue weighted by molar-refractivity contribution is 0.0731. The number of nitrogens with zero attached hydrogens (tertiary/aromatic N) is 4. The Labute approximate surface area is 158 Å². The van der Waals surface area contributed by atoms with Crippen LogP contribution in [0.25, 0.3) is 0 Å². The van der Waals surface area contributed by atoms with Gasteiger partial charge in [0.1, 0.15) is 5.82 Å². The monoisotopic (exact) mass is 370 g/mol. The predicted octanol–water partition coefficient (Wildman–Crippen LogP) is 1.62. The topological polar surface area (TPSA) is 117 Å². The van der Waals surface area contributed by atoms with Gasteiger partial charge in [0.2, 0.25) is 5.95 Å². The van der Waals surface area contributed by atoms with Crippen LogP contribution in [0.1, 0.15) is 47.8 Å². The number of hydrogen-bond acceptors (Lipinski definition) is 7. The number of fused-ring (bicyclic) bond motifs is 1. The average Bonchev–Trinajstić information content (AvgIpc) is 2.68. The van der Waals surface area contributed by atoms with Crippen molar-refractivity contribution in [3.05, 3.63) is 41.3 Å². The summed E-state index contributed by atoms with van der Waals surface area (Å²) in [6.45, 7) is 3.22. The van der Waals surface area contributed by atoms with Gasteiger partial charge in [-0.2, -0.15) is 4.98 Å². The van der Waals surface area contributed by atoms with Gasteiger partial charge in [0.25, 0.3) is 5.91 Å². The number of anilines is 2. The van der Waals surface area contributed by atoms with Gasteiger partial charge in [-0.3, -0.25) is 9.78 Å². The number of rotatable bonds is 7. The lowest BCUT2D eigenvalue weighted by atomic mass is 10.0. The predicted molar refractivity (Wildman–Crippen MR) is 103 cm³/mol. The molecular weight excluding hydrogens is 344 g/mol. The van der Waals surface area contributed by atoms with Crippen LogP contribution in [0, 0.1) is 0 Å². The molecule has 2 aromatic heterocycles. The fraction of sp³-hybridized carbons (Fsp3) is 0.474. The molecule has 8 heteroatoms. The molecule has 2 aromatic rings. The molecule has 0 bridgehead atoms. The van der Waals surface area contributed by atoms with Gasteiger partial charge in [-0.25, -0.2) is 4.98 Å². The number of hydrogen-bond donors (Lipinski definition) is 3. The van der Waals surface area contributed by atoms with Crippen LogP contribution in [0.4, 0.5) is 11.8 Å². The summed E-state index contributed by atoms with van der Waals surface area (Å²) in [4.78, 5) is 27.2. The normalized spacial score (nSPS) is 14.5. The van der Waals surface area contributed by atoms with Gasteiger partial charge in [0, 0.05) is 42.7 Å². The maximum Gasteiger partial charge on any atom is 0.254 e. The van der Waals surface area contributed by atoms with Gasteiger partial charge in [-0.15, -0.1) is 0 Å². The first-order chi connectivity index (χ1) is 13.1. The summed E-state index contributed by atoms with van der Waals surface area (Å²) in [7, 11) is 0. The maximum absolute atomic E-state index is 12.7. The summed E-state index contributed by atoms with van der Waals surface area (Å²) >= 11 is 0. The molecular formula is C19H26N6O2. The smallest absolute Gasteiger partial charge is 0.254 e. The second-order valence-corrected chi connectivity index (χ2v) is 6.71. The molecule has 1 aliphatic rings. The first-order valence-corrected chi connectivity index (χ1v) is 9.34. The van der Waals surface area contributed by atoms with E-state index in [4.69, 9.17) is 5.73 Å². The van der Waals surface area contributed by atoms with E-state index in [2.05, 4.69) is 27.2 Å². The third-order valence-corrected chi connectivity index (χ3v) is 4.75. The lowest BCUT2D eigenvalue weighted by Crippen LogP contribution is -2.37. The molecule has 0 fully saturated rings. The van der Waals surface area contributed by atoms with E-state index in [1.807, 2.05) is 0 Å². The summed E-state index contributed by atoms with van der Waals surface area (Å²) in [6.07, 6.45) is 6.48. The fourth-order valence-electron chi connectivity index (χ4n) is 3.41. The minimum absolute atomic E-state index is 0.0427. The molecule has 0 aromatic carbocycles. The molecule has 0 spiro atoms. The minimum Gasteiger partial charge on any atom is -0.396 e. The zero-order chi connectivity index (χ0) is 19.2. The summed E-state index contributed by atoms with van der Waals surface area (Å²) in [5.74, 6) is 0.869. The molecule has 8 nitrogen and oxygen atoms in total. The van der Waals surface area contributed by atoms with Crippen LogP contribution < -0.4 is 11.1 Å². The van der Waals surface area contributed by atoms with Crippen molar-refractivity contribution in [2.24, 2.45) is 0 Å². The molecule has 3 heterocycles. The number of nitrogen functional groups attached to an aromatic ring is 1. The Morgan fingerprint density at radius 2 is 2.11 bits per heavy atom. The molecule has 0 aliphatic carbocycles. The Hall–Kier alpha value is -2.74. The number of aliphatic hydroxyl groups excluding tert-OH is 1. The van der Waals surface area contributed by atoms with E-state index in [1.54, 1.807) is 29.4 Å². The number of nitrogens with one attached hydrogen (secondary N) is 1. The quantitative estimate of drug-likeness (QED) is 0.678. The molecule has 3 rings (SSSR count). The minimum atomic E-state index is -0.0427. The van der Waals surface area contributed by atoms with Crippen molar-refractivity contribution >= 4 is 17.7 Å². The van der Waals surface area contributed by atoms with E-state index in [1.165, 1.54) is 0 Å². The number of nitrogens with two attached hydrogens (primary N) is 1. The summed E-state index contributed by atoms with van der Waals surface area (Å²) in [6, 6.07) is 3.56. The Balaban J connectivity index is 1.81. The molecule has 0 saturated heterocycles. The number of carbonyl (C=O) groups is 1. The largest absolute Gasteiger partial charge is 0.396 e. The van der Waals surface area contributed by atoms with Crippen LogP contribution in [-0.2, 0) is 13.0 Å². The van der Waals surface area contributed by atoms with Crippen LogP contribution in [0.2, 0.25) is 0 Å². The summed E-state index contributed by atoms with van der Waals surface area (Å²) in [5.41, 5.74) is 8.30. The zero-order valence-electron chi connectivity index (χ0n) is 15.6. The van der Waals surface area contributed by atoms with Gasteiger partial charge < -0.3 is 21.1 Å². The van der Waals surface area contributed by atoms with Gasteiger partial charge in [-0.05, 0) is 31.4 Å². The van der Waals surface area contributed by atoms with E-state index in [9.17, 15) is 9.90 Å². The first-order valence-electron chi connectivity index (χ1n) is 9.34. The highest BCUT2D eigenvalue weighted by Gasteiger charge is 2.26. The SMILES string of the molecule is CCCC(CCO)Nc1nc(N)nc2c1CCN(C(=O)c1ccncc1)C2. The van der Waals surface area contributed by atoms with Crippen LogP contribution in [0.3, 0.4) is 0 Å². The van der Waals surface area contributed by atoms with Crippen molar-refractivity contribution in [3.63, 3.8) is 0 Å². The van der Waals surface area contributed by atoms with Crippen LogP contribution >= 0.6 is 0 Å². The zero-order valence-corrected chi connectivity index (χ0v) is 15.6. The Kier molecular flexibility index (Phi) is 6.18. The van der Waals surface area contributed by atoms with Crippen molar-refractivity contribution < 1.29 is 9.90 Å². The molecule has 1 aliphatic heterocycles. The molecule has 144 valence electrons. The fourth-order valence-corrected chi connectivity index (χ4v) is 3.41. The van der Waals surface area contributed by atoms with Crippen LogP contribution in [-0.4, -0.2) is 50.1 Å². The molecule has 1 amide bonds. The average molecular weight is 370 g/mol. The Bertz CT molecular complexity index is 777. The number of aliphatic hydroxyl groups is 1. The van der Waals surface area contributed by atoms with E-state index < -0.39 is 0 Å². The van der Waals surface area contributed by atoms with Crippen molar-refractivity contribution in [2.45, 2.75) is 45.2 Å². The number of amides is 1. The molecule has 1 unspecified atom stereocenters. The highest BCUT2D eigenvalue weighted by atomic mass is 16.3. The van der Waals surface area contributed by atoms with Crippen molar-refractivity contribution in [2.75, 3.05) is 24.2 Å². The van der Waals surface area contributed by atoms with E-state index in [0.717, 1.165) is 29.9 Å². The number of carbonyl (C=O) groups excluding carboxylic acids is 1. The van der Waals surface area contributed by atoms with Gasteiger partial charge in [-0.1, -0.05) is 13.3 Å². The lowest BCUT2D eigenvalue weighted by Gasteiger charge is -2.30. The number of aromatic nitrogens is 3. The highest BCUT2D eigenvalue weighted by molar-refractivity contribution is 5.94. The van der Waals surface area contributed by atoms with Crippen LogP contribution in [0.5, 0.6) is 0 Å². The first kappa shape index (κ1) is 19.0. The number of pyridine rings is 1. The highest BCUT2D eigenvalue weighted by Crippen LogP contribution is 2.26. The molecule has 4 N–H and O–H groups in total. The summed E-state index contributed by atoms with van der Waals surface area (Å²) in [5, 5.41) is 12.7. The van der Waals surface area contributed by atoms with E-state index in [-0.39, 0.29) is 24.5 Å². The van der Waals surface area contributed by atoms with E-state index in [0.29, 0.717) is 31.5 Å². The summed E-state index contributed by atoms with van der Waals surface area (Å²) < 4.78 is 0. The molecule has 0 radical (unpaired) electrons. The third-order valence-electron chi connectivity index (χ3n) is 4.75.